The number of hydrogen-bond donors (Lipinski definition) is 2. The normalized spacial score (nSPS) is 11.3. The topological polar surface area (TPSA) is 72.9 Å². The highest BCUT2D eigenvalue weighted by Gasteiger charge is 2.20. The van der Waals surface area contributed by atoms with Crippen molar-refractivity contribution in [2.24, 2.45) is 5.73 Å². The van der Waals surface area contributed by atoms with Gasteiger partial charge in [0.25, 0.3) is 0 Å². The number of amides is 1. The molecule has 3 N–H and O–H groups in total. The van der Waals surface area contributed by atoms with Crippen molar-refractivity contribution >= 4 is 5.91 Å². The van der Waals surface area contributed by atoms with Gasteiger partial charge in [-0.2, -0.15) is 5.10 Å². The summed E-state index contributed by atoms with van der Waals surface area (Å²) in [5, 5.41) is 7.13. The van der Waals surface area contributed by atoms with Crippen LogP contribution < -0.4 is 11.1 Å². The molecule has 0 aliphatic carbocycles. The number of para-hydroxylation sites is 1. The first-order chi connectivity index (χ1) is 9.47. The Bertz CT molecular complexity index is 569. The van der Waals surface area contributed by atoms with Crippen LogP contribution in [0.25, 0.3) is 5.69 Å². The van der Waals surface area contributed by atoms with E-state index < -0.39 is 5.54 Å². The average Bonchev–Trinajstić information content (AvgIpc) is 2.87. The molecule has 5 nitrogen and oxygen atoms in total. The van der Waals surface area contributed by atoms with Gasteiger partial charge in [0.05, 0.1) is 17.4 Å². The van der Waals surface area contributed by atoms with Gasteiger partial charge in [-0.1, -0.05) is 18.2 Å². The molecule has 0 saturated heterocycles. The second kappa shape index (κ2) is 5.88. The molecule has 2 aromatic rings. The maximum absolute atomic E-state index is 11.6. The van der Waals surface area contributed by atoms with Crippen molar-refractivity contribution < 1.29 is 4.79 Å². The maximum atomic E-state index is 11.6. The van der Waals surface area contributed by atoms with E-state index in [0.29, 0.717) is 6.54 Å². The van der Waals surface area contributed by atoms with E-state index in [4.69, 9.17) is 5.73 Å². The Morgan fingerprint density at radius 3 is 2.70 bits per heavy atom. The molecular formula is C15H20N4O. The highest BCUT2D eigenvalue weighted by molar-refractivity contribution is 5.84. The van der Waals surface area contributed by atoms with Gasteiger partial charge in [-0.25, -0.2) is 4.68 Å². The zero-order valence-electron chi connectivity index (χ0n) is 11.8. The van der Waals surface area contributed by atoms with E-state index in [2.05, 4.69) is 10.4 Å². The van der Waals surface area contributed by atoms with Crippen molar-refractivity contribution in [1.29, 1.82) is 0 Å². The van der Waals surface area contributed by atoms with Gasteiger partial charge in [0.15, 0.2) is 0 Å². The molecule has 1 aromatic heterocycles. The van der Waals surface area contributed by atoms with E-state index in [9.17, 15) is 4.79 Å². The van der Waals surface area contributed by atoms with Crippen molar-refractivity contribution in [2.75, 3.05) is 6.54 Å². The summed E-state index contributed by atoms with van der Waals surface area (Å²) < 4.78 is 1.82. The molecule has 1 heterocycles. The molecule has 20 heavy (non-hydrogen) atoms. The van der Waals surface area contributed by atoms with E-state index >= 15 is 0 Å². The lowest BCUT2D eigenvalue weighted by Gasteiger charge is -2.17. The van der Waals surface area contributed by atoms with Gasteiger partial charge in [-0.05, 0) is 38.0 Å². The molecular weight excluding hydrogens is 252 g/mol. The first-order valence-electron chi connectivity index (χ1n) is 6.63. The monoisotopic (exact) mass is 272 g/mol. The average molecular weight is 272 g/mol. The molecule has 0 saturated carbocycles. The Morgan fingerprint density at radius 2 is 2.05 bits per heavy atom. The Hall–Kier alpha value is -2.14. The van der Waals surface area contributed by atoms with E-state index in [1.165, 1.54) is 0 Å². The third kappa shape index (κ3) is 3.68. The first kappa shape index (κ1) is 14.3. The zero-order valence-corrected chi connectivity index (χ0v) is 11.8. The number of carbonyl (C=O) groups excluding carboxylic acids is 1. The molecule has 0 aliphatic rings. The standard InChI is InChI=1S/C15H20N4O/c1-15(2,16)14(20)17-9-8-12-10-18-19(11-12)13-6-4-3-5-7-13/h3-7,10-11H,8-9,16H2,1-2H3,(H,17,20). The lowest BCUT2D eigenvalue weighted by molar-refractivity contribution is -0.125. The van der Waals surface area contributed by atoms with Gasteiger partial charge < -0.3 is 11.1 Å². The van der Waals surface area contributed by atoms with Crippen LogP contribution >= 0.6 is 0 Å². The molecule has 1 amide bonds. The van der Waals surface area contributed by atoms with Crippen molar-refractivity contribution in [3.8, 4) is 5.69 Å². The number of aromatic nitrogens is 2. The summed E-state index contributed by atoms with van der Waals surface area (Å²) in [5.74, 6) is -0.145. The summed E-state index contributed by atoms with van der Waals surface area (Å²) in [4.78, 5) is 11.6. The van der Waals surface area contributed by atoms with Crippen LogP contribution in [0.15, 0.2) is 42.7 Å². The molecule has 106 valence electrons. The third-order valence-corrected chi connectivity index (χ3v) is 2.94. The van der Waals surface area contributed by atoms with Crippen molar-refractivity contribution in [3.63, 3.8) is 0 Å². The second-order valence-corrected chi connectivity index (χ2v) is 5.36. The number of nitrogens with one attached hydrogen (secondary N) is 1. The van der Waals surface area contributed by atoms with Crippen LogP contribution in [0.2, 0.25) is 0 Å². The van der Waals surface area contributed by atoms with Gasteiger partial charge in [0, 0.05) is 12.7 Å². The van der Waals surface area contributed by atoms with Gasteiger partial charge in [-0.3, -0.25) is 4.79 Å². The summed E-state index contributed by atoms with van der Waals surface area (Å²) in [6.07, 6.45) is 4.51. The first-order valence-corrected chi connectivity index (χ1v) is 6.63. The van der Waals surface area contributed by atoms with Gasteiger partial charge >= 0.3 is 0 Å². The van der Waals surface area contributed by atoms with Gasteiger partial charge in [-0.15, -0.1) is 0 Å². The Kier molecular flexibility index (Phi) is 4.20. The Balaban J connectivity index is 1.90. The molecule has 0 atom stereocenters. The Morgan fingerprint density at radius 1 is 1.35 bits per heavy atom. The van der Waals surface area contributed by atoms with Crippen molar-refractivity contribution in [3.05, 3.63) is 48.3 Å². The van der Waals surface area contributed by atoms with E-state index in [1.807, 2.05) is 47.4 Å². The number of nitrogens with zero attached hydrogens (tertiary/aromatic N) is 2. The Labute approximate surface area is 118 Å². The van der Waals surface area contributed by atoms with Crippen LogP contribution in [-0.4, -0.2) is 27.8 Å². The molecule has 1 aromatic carbocycles. The summed E-state index contributed by atoms with van der Waals surface area (Å²) in [7, 11) is 0. The zero-order chi connectivity index (χ0) is 14.6. The second-order valence-electron chi connectivity index (χ2n) is 5.36. The molecule has 0 spiro atoms. The van der Waals surface area contributed by atoms with Crippen LogP contribution in [-0.2, 0) is 11.2 Å². The fourth-order valence-corrected chi connectivity index (χ4v) is 1.76. The van der Waals surface area contributed by atoms with Crippen LogP contribution in [0.3, 0.4) is 0 Å². The minimum atomic E-state index is -0.839. The fourth-order valence-electron chi connectivity index (χ4n) is 1.76. The van der Waals surface area contributed by atoms with Crippen LogP contribution in [0.5, 0.6) is 0 Å². The maximum Gasteiger partial charge on any atom is 0.239 e. The quantitative estimate of drug-likeness (QED) is 0.861. The molecule has 5 heteroatoms. The minimum absolute atomic E-state index is 0.145. The molecule has 0 aliphatic heterocycles. The number of nitrogens with two attached hydrogens (primary N) is 1. The van der Waals surface area contributed by atoms with E-state index in [-0.39, 0.29) is 5.91 Å². The van der Waals surface area contributed by atoms with Gasteiger partial charge in [0.2, 0.25) is 5.91 Å². The van der Waals surface area contributed by atoms with Crippen LogP contribution in [0, 0.1) is 0 Å². The number of carbonyl (C=O) groups is 1. The van der Waals surface area contributed by atoms with E-state index in [0.717, 1.165) is 17.7 Å². The number of hydrogen-bond acceptors (Lipinski definition) is 3. The summed E-state index contributed by atoms with van der Waals surface area (Å²) >= 11 is 0. The summed E-state index contributed by atoms with van der Waals surface area (Å²) in [6.45, 7) is 3.94. The lowest BCUT2D eigenvalue weighted by Crippen LogP contribution is -2.49. The third-order valence-electron chi connectivity index (χ3n) is 2.94. The van der Waals surface area contributed by atoms with Crippen LogP contribution in [0.4, 0.5) is 0 Å². The summed E-state index contributed by atoms with van der Waals surface area (Å²) in [5.41, 5.74) is 6.96. The molecule has 0 unspecified atom stereocenters. The predicted molar refractivity (Wildman–Crippen MR) is 78.5 cm³/mol. The van der Waals surface area contributed by atoms with Crippen molar-refractivity contribution in [1.82, 2.24) is 15.1 Å². The largest absolute Gasteiger partial charge is 0.354 e. The molecule has 2 rings (SSSR count). The van der Waals surface area contributed by atoms with Crippen molar-refractivity contribution in [2.45, 2.75) is 25.8 Å². The minimum Gasteiger partial charge on any atom is -0.354 e. The predicted octanol–water partition coefficient (Wildman–Crippen LogP) is 1.27. The molecule has 0 radical (unpaired) electrons. The highest BCUT2D eigenvalue weighted by atomic mass is 16.2. The molecule has 0 bridgehead atoms. The highest BCUT2D eigenvalue weighted by Crippen LogP contribution is 2.07. The molecule has 0 fully saturated rings. The van der Waals surface area contributed by atoms with Gasteiger partial charge in [0.1, 0.15) is 0 Å². The number of rotatable bonds is 5. The smallest absolute Gasteiger partial charge is 0.239 e. The SMILES string of the molecule is CC(C)(N)C(=O)NCCc1cnn(-c2ccccc2)c1. The number of benzene rings is 1. The fraction of sp³-hybridized carbons (Fsp3) is 0.333. The van der Waals surface area contributed by atoms with E-state index in [1.54, 1.807) is 13.8 Å². The summed E-state index contributed by atoms with van der Waals surface area (Å²) in [6, 6.07) is 9.91. The lowest BCUT2D eigenvalue weighted by atomic mass is 10.1. The van der Waals surface area contributed by atoms with Crippen LogP contribution in [0.1, 0.15) is 19.4 Å².